The molecule has 1 aromatic carbocycles. The van der Waals surface area contributed by atoms with Gasteiger partial charge in [0.15, 0.2) is 11.5 Å². The number of aliphatic hydroxyl groups is 1. The molecule has 18 heavy (non-hydrogen) atoms. The summed E-state index contributed by atoms with van der Waals surface area (Å²) in [5, 5.41) is 19.2. The van der Waals surface area contributed by atoms with Crippen LogP contribution in [0, 0.1) is 0 Å². The zero-order valence-corrected chi connectivity index (χ0v) is 11.1. The van der Waals surface area contributed by atoms with Crippen molar-refractivity contribution in [2.75, 3.05) is 6.61 Å². The van der Waals surface area contributed by atoms with E-state index in [1.54, 1.807) is 18.2 Å². The van der Waals surface area contributed by atoms with Gasteiger partial charge >= 0.3 is 0 Å². The highest BCUT2D eigenvalue weighted by atomic mass is 16.5. The second-order valence-electron chi connectivity index (χ2n) is 4.61. The van der Waals surface area contributed by atoms with Crippen molar-refractivity contribution >= 4 is 0 Å². The van der Waals surface area contributed by atoms with E-state index in [2.05, 4.69) is 6.92 Å². The predicted molar refractivity (Wildman–Crippen MR) is 73.0 cm³/mol. The molecule has 0 heterocycles. The van der Waals surface area contributed by atoms with E-state index in [1.807, 2.05) is 6.07 Å². The fourth-order valence-corrected chi connectivity index (χ4v) is 1.85. The van der Waals surface area contributed by atoms with Crippen LogP contribution in [0.15, 0.2) is 24.3 Å². The number of unbranched alkanes of at least 4 members (excludes halogenated alkanes) is 2. The number of hydrogen-bond acceptors (Lipinski definition) is 3. The first-order valence-electron chi connectivity index (χ1n) is 6.83. The minimum atomic E-state index is -0.218. The van der Waals surface area contributed by atoms with Crippen molar-refractivity contribution in [2.24, 2.45) is 0 Å². The largest absolute Gasteiger partial charge is 0.504 e. The van der Waals surface area contributed by atoms with Crippen LogP contribution in [0.25, 0.3) is 0 Å². The summed E-state index contributed by atoms with van der Waals surface area (Å²) in [6.07, 6.45) is 5.69. The number of hydrogen-bond donors (Lipinski definition) is 2. The van der Waals surface area contributed by atoms with E-state index in [1.165, 1.54) is 12.8 Å². The maximum atomic E-state index is 9.72. The third-order valence-corrected chi connectivity index (χ3v) is 2.95. The van der Waals surface area contributed by atoms with Crippen LogP contribution >= 0.6 is 0 Å². The van der Waals surface area contributed by atoms with Crippen molar-refractivity contribution in [2.45, 2.75) is 51.6 Å². The van der Waals surface area contributed by atoms with Crippen molar-refractivity contribution in [3.05, 3.63) is 24.3 Å². The third kappa shape index (κ3) is 5.92. The zero-order chi connectivity index (χ0) is 13.2. The highest BCUT2D eigenvalue weighted by Gasteiger charge is 2.04. The molecule has 0 aromatic heterocycles. The number of benzene rings is 1. The van der Waals surface area contributed by atoms with Crippen LogP contribution in [-0.2, 0) is 0 Å². The lowest BCUT2D eigenvalue weighted by Gasteiger charge is -2.11. The summed E-state index contributed by atoms with van der Waals surface area (Å²) in [5.41, 5.74) is 0. The highest BCUT2D eigenvalue weighted by molar-refractivity contribution is 5.37. The third-order valence-electron chi connectivity index (χ3n) is 2.95. The number of phenols is 1. The minimum absolute atomic E-state index is 0.168. The fraction of sp³-hybridized carbons (Fsp3) is 0.600. The van der Waals surface area contributed by atoms with Crippen molar-refractivity contribution in [3.8, 4) is 11.5 Å². The van der Waals surface area contributed by atoms with Crippen LogP contribution < -0.4 is 4.74 Å². The zero-order valence-electron chi connectivity index (χ0n) is 11.1. The molecule has 0 radical (unpaired) electrons. The number of aromatic hydroxyl groups is 1. The molecule has 0 spiro atoms. The molecule has 2 N–H and O–H groups in total. The predicted octanol–water partition coefficient (Wildman–Crippen LogP) is 3.49. The number of ether oxygens (including phenoxy) is 1. The Labute approximate surface area is 109 Å². The quantitative estimate of drug-likeness (QED) is 0.661. The Hall–Kier alpha value is -1.22. The molecule has 0 saturated carbocycles. The molecule has 0 amide bonds. The Balaban J connectivity index is 2.09. The number of para-hydroxylation sites is 2. The summed E-state index contributed by atoms with van der Waals surface area (Å²) in [4.78, 5) is 0. The number of rotatable bonds is 9. The molecule has 1 aromatic rings. The molecule has 0 aliphatic heterocycles. The Morgan fingerprint density at radius 1 is 1.11 bits per heavy atom. The van der Waals surface area contributed by atoms with E-state index < -0.39 is 0 Å². The van der Waals surface area contributed by atoms with Crippen LogP contribution in [0.2, 0.25) is 0 Å². The van der Waals surface area contributed by atoms with E-state index in [4.69, 9.17) is 4.74 Å². The van der Waals surface area contributed by atoms with Gasteiger partial charge in [0.2, 0.25) is 0 Å². The minimum Gasteiger partial charge on any atom is -0.504 e. The van der Waals surface area contributed by atoms with Gasteiger partial charge in [-0.1, -0.05) is 38.3 Å². The average molecular weight is 252 g/mol. The fourth-order valence-electron chi connectivity index (χ4n) is 1.85. The first-order chi connectivity index (χ1) is 8.74. The molecule has 0 bridgehead atoms. The summed E-state index contributed by atoms with van der Waals surface area (Å²) >= 11 is 0. The van der Waals surface area contributed by atoms with Gasteiger partial charge in [0.1, 0.15) is 0 Å². The molecule has 1 rings (SSSR count). The Morgan fingerprint density at radius 3 is 2.56 bits per heavy atom. The van der Waals surface area contributed by atoms with Crippen molar-refractivity contribution < 1.29 is 14.9 Å². The standard InChI is InChI=1S/C15H24O3/c1-2-3-4-8-13(16)9-7-12-18-15-11-6-5-10-14(15)17/h5-6,10-11,13,16-17H,2-4,7-9,12H2,1H3. The van der Waals surface area contributed by atoms with E-state index >= 15 is 0 Å². The second-order valence-corrected chi connectivity index (χ2v) is 4.61. The Morgan fingerprint density at radius 2 is 1.83 bits per heavy atom. The van der Waals surface area contributed by atoms with Crippen LogP contribution in [0.3, 0.4) is 0 Å². The van der Waals surface area contributed by atoms with E-state index in [0.717, 1.165) is 25.7 Å². The summed E-state index contributed by atoms with van der Waals surface area (Å²) in [5.74, 6) is 0.680. The van der Waals surface area contributed by atoms with Crippen LogP contribution in [-0.4, -0.2) is 22.9 Å². The first-order valence-corrected chi connectivity index (χ1v) is 6.83. The van der Waals surface area contributed by atoms with Gasteiger partial charge < -0.3 is 14.9 Å². The lowest BCUT2D eigenvalue weighted by molar-refractivity contribution is 0.140. The second kappa shape index (κ2) is 8.81. The number of phenolic OH excluding ortho intramolecular Hbond substituents is 1. The van der Waals surface area contributed by atoms with E-state index in [0.29, 0.717) is 12.4 Å². The first kappa shape index (κ1) is 14.8. The van der Waals surface area contributed by atoms with Gasteiger partial charge in [-0.05, 0) is 31.4 Å². The van der Waals surface area contributed by atoms with Gasteiger partial charge in [0.25, 0.3) is 0 Å². The lowest BCUT2D eigenvalue weighted by Crippen LogP contribution is -2.09. The monoisotopic (exact) mass is 252 g/mol. The van der Waals surface area contributed by atoms with Crippen molar-refractivity contribution in [1.82, 2.24) is 0 Å². The van der Waals surface area contributed by atoms with Crippen molar-refractivity contribution in [1.29, 1.82) is 0 Å². The summed E-state index contributed by atoms with van der Waals surface area (Å²) in [6, 6.07) is 6.94. The summed E-state index contributed by atoms with van der Waals surface area (Å²) < 4.78 is 5.45. The maximum absolute atomic E-state index is 9.72. The highest BCUT2D eigenvalue weighted by Crippen LogP contribution is 2.24. The normalized spacial score (nSPS) is 12.3. The van der Waals surface area contributed by atoms with Crippen molar-refractivity contribution in [3.63, 3.8) is 0 Å². The Kier molecular flexibility index (Phi) is 7.26. The van der Waals surface area contributed by atoms with Gasteiger partial charge in [-0.3, -0.25) is 0 Å². The topological polar surface area (TPSA) is 49.7 Å². The molecule has 102 valence electrons. The summed E-state index contributed by atoms with van der Waals surface area (Å²) in [6.45, 7) is 2.69. The Bertz CT molecular complexity index is 325. The molecule has 0 saturated heterocycles. The molecule has 0 aliphatic carbocycles. The molecule has 1 unspecified atom stereocenters. The van der Waals surface area contributed by atoms with Crippen LogP contribution in [0.5, 0.6) is 11.5 Å². The molecule has 3 heteroatoms. The van der Waals surface area contributed by atoms with Gasteiger partial charge in [0.05, 0.1) is 12.7 Å². The van der Waals surface area contributed by atoms with E-state index in [-0.39, 0.29) is 11.9 Å². The van der Waals surface area contributed by atoms with Gasteiger partial charge in [-0.2, -0.15) is 0 Å². The van der Waals surface area contributed by atoms with Crippen LogP contribution in [0.4, 0.5) is 0 Å². The summed E-state index contributed by atoms with van der Waals surface area (Å²) in [7, 11) is 0. The SMILES string of the molecule is CCCCCC(O)CCCOc1ccccc1O. The van der Waals surface area contributed by atoms with Crippen LogP contribution in [0.1, 0.15) is 45.4 Å². The molecule has 0 fully saturated rings. The average Bonchev–Trinajstić information content (AvgIpc) is 2.37. The van der Waals surface area contributed by atoms with Gasteiger partial charge in [-0.15, -0.1) is 0 Å². The lowest BCUT2D eigenvalue weighted by atomic mass is 10.1. The maximum Gasteiger partial charge on any atom is 0.160 e. The molecule has 3 nitrogen and oxygen atoms in total. The van der Waals surface area contributed by atoms with E-state index in [9.17, 15) is 10.2 Å². The molecular formula is C15H24O3. The molecule has 0 aliphatic rings. The number of aliphatic hydroxyl groups excluding tert-OH is 1. The van der Waals surface area contributed by atoms with Gasteiger partial charge in [-0.25, -0.2) is 0 Å². The molecule has 1 atom stereocenters. The van der Waals surface area contributed by atoms with Gasteiger partial charge in [0, 0.05) is 0 Å². The molecular weight excluding hydrogens is 228 g/mol. The smallest absolute Gasteiger partial charge is 0.160 e.